The zero-order valence-corrected chi connectivity index (χ0v) is 21.5. The van der Waals surface area contributed by atoms with Crippen LogP contribution in [0.2, 0.25) is 15.1 Å². The normalized spacial score (nSPS) is 11.8. The van der Waals surface area contributed by atoms with E-state index in [2.05, 4.69) is 12.2 Å². The average Bonchev–Trinajstić information content (AvgIpc) is 2.78. The van der Waals surface area contributed by atoms with Crippen molar-refractivity contribution in [2.24, 2.45) is 0 Å². The number of unbranched alkanes of at least 4 members (excludes halogenated alkanes) is 1. The second-order valence-electron chi connectivity index (χ2n) is 7.50. The number of carbonyl (C=O) groups excluding carboxylic acids is 2. The van der Waals surface area contributed by atoms with Crippen LogP contribution in [-0.2, 0) is 16.1 Å². The van der Waals surface area contributed by atoms with E-state index < -0.39 is 6.04 Å². The summed E-state index contributed by atoms with van der Waals surface area (Å²) in [6.07, 6.45) is 2.95. The summed E-state index contributed by atoms with van der Waals surface area (Å²) >= 11 is 19.8. The number of benzene rings is 2. The lowest BCUT2D eigenvalue weighted by Gasteiger charge is -2.29. The molecule has 174 valence electrons. The highest BCUT2D eigenvalue weighted by Crippen LogP contribution is 2.25. The molecule has 1 N–H and O–H groups in total. The molecule has 0 spiro atoms. The van der Waals surface area contributed by atoms with Crippen molar-refractivity contribution in [3.63, 3.8) is 0 Å². The third-order valence-corrected chi connectivity index (χ3v) is 7.04. The first-order chi connectivity index (χ1) is 15.3. The van der Waals surface area contributed by atoms with Gasteiger partial charge in [0.2, 0.25) is 11.8 Å². The quantitative estimate of drug-likeness (QED) is 0.248. The predicted molar refractivity (Wildman–Crippen MR) is 136 cm³/mol. The van der Waals surface area contributed by atoms with E-state index in [1.807, 2.05) is 30.3 Å². The molecule has 0 radical (unpaired) electrons. The molecule has 0 heterocycles. The van der Waals surface area contributed by atoms with Crippen molar-refractivity contribution in [2.75, 3.05) is 12.3 Å². The number of rotatable bonds is 12. The van der Waals surface area contributed by atoms with E-state index in [0.29, 0.717) is 41.0 Å². The molecule has 4 nitrogen and oxygen atoms in total. The van der Waals surface area contributed by atoms with Crippen LogP contribution in [0.15, 0.2) is 47.4 Å². The molecule has 0 fully saturated rings. The summed E-state index contributed by atoms with van der Waals surface area (Å²) in [5.41, 5.74) is 0.830. The number of hydrogen-bond acceptors (Lipinski definition) is 3. The van der Waals surface area contributed by atoms with Crippen LogP contribution in [0.1, 0.15) is 45.1 Å². The largest absolute Gasteiger partial charge is 0.354 e. The van der Waals surface area contributed by atoms with E-state index in [-0.39, 0.29) is 11.8 Å². The lowest BCUT2D eigenvalue weighted by Crippen LogP contribution is -2.47. The van der Waals surface area contributed by atoms with Crippen LogP contribution < -0.4 is 5.32 Å². The first-order valence-electron chi connectivity index (χ1n) is 10.7. The highest BCUT2D eigenvalue weighted by Gasteiger charge is 2.25. The van der Waals surface area contributed by atoms with Crippen molar-refractivity contribution in [3.05, 3.63) is 63.1 Å². The van der Waals surface area contributed by atoms with Gasteiger partial charge in [0.15, 0.2) is 0 Å². The summed E-state index contributed by atoms with van der Waals surface area (Å²) in [4.78, 5) is 28.5. The van der Waals surface area contributed by atoms with Crippen LogP contribution in [0.5, 0.6) is 0 Å². The van der Waals surface area contributed by atoms with Gasteiger partial charge in [-0.25, -0.2) is 0 Å². The molecule has 2 amide bonds. The summed E-state index contributed by atoms with van der Waals surface area (Å²) < 4.78 is 0. The predicted octanol–water partition coefficient (Wildman–Crippen LogP) is 6.85. The zero-order chi connectivity index (χ0) is 23.5. The molecule has 0 saturated carbocycles. The van der Waals surface area contributed by atoms with Crippen LogP contribution in [0.4, 0.5) is 0 Å². The molecular formula is C24H29Cl3N2O2S. The Hall–Kier alpha value is -1.40. The molecule has 2 aromatic carbocycles. The number of hydrogen-bond donors (Lipinski definition) is 1. The van der Waals surface area contributed by atoms with E-state index in [4.69, 9.17) is 34.8 Å². The molecule has 0 unspecified atom stereocenters. The molecule has 1 atom stereocenters. The minimum absolute atomic E-state index is 0.0640. The summed E-state index contributed by atoms with van der Waals surface area (Å²) in [6.45, 7) is 4.73. The Labute approximate surface area is 210 Å². The van der Waals surface area contributed by atoms with E-state index >= 15 is 0 Å². The van der Waals surface area contributed by atoms with Crippen molar-refractivity contribution >= 4 is 58.4 Å². The second kappa shape index (κ2) is 14.0. The highest BCUT2D eigenvalue weighted by atomic mass is 35.5. The monoisotopic (exact) mass is 514 g/mol. The molecule has 0 saturated heterocycles. The first-order valence-corrected chi connectivity index (χ1v) is 12.8. The van der Waals surface area contributed by atoms with Gasteiger partial charge < -0.3 is 10.2 Å². The Morgan fingerprint density at radius 1 is 1.03 bits per heavy atom. The van der Waals surface area contributed by atoms with Crippen molar-refractivity contribution in [3.8, 4) is 0 Å². The minimum atomic E-state index is -0.585. The van der Waals surface area contributed by atoms with Gasteiger partial charge in [0.25, 0.3) is 0 Å². The highest BCUT2D eigenvalue weighted by molar-refractivity contribution is 7.99. The number of carbonyl (C=O) groups is 2. The summed E-state index contributed by atoms with van der Waals surface area (Å²) in [5.74, 6) is 0.582. The summed E-state index contributed by atoms with van der Waals surface area (Å²) in [7, 11) is 0. The lowest BCUT2D eigenvalue weighted by atomic mass is 10.1. The number of nitrogens with one attached hydrogen (secondary N) is 1. The number of amides is 2. The van der Waals surface area contributed by atoms with Gasteiger partial charge in [-0.1, -0.05) is 54.2 Å². The Morgan fingerprint density at radius 2 is 1.75 bits per heavy atom. The second-order valence-corrected chi connectivity index (χ2v) is 9.92. The fraction of sp³-hybridized carbons (Fsp3) is 0.417. The van der Waals surface area contributed by atoms with Crippen molar-refractivity contribution in [1.82, 2.24) is 10.2 Å². The van der Waals surface area contributed by atoms with Gasteiger partial charge in [-0.3, -0.25) is 9.59 Å². The van der Waals surface area contributed by atoms with Gasteiger partial charge in [-0.2, -0.15) is 0 Å². The van der Waals surface area contributed by atoms with E-state index in [0.717, 1.165) is 29.1 Å². The smallest absolute Gasteiger partial charge is 0.242 e. The summed E-state index contributed by atoms with van der Waals surface area (Å²) in [5, 5.41) is 4.51. The topological polar surface area (TPSA) is 49.4 Å². The van der Waals surface area contributed by atoms with Gasteiger partial charge in [-0.05, 0) is 67.5 Å². The maximum atomic E-state index is 13.1. The Balaban J connectivity index is 2.00. The van der Waals surface area contributed by atoms with Crippen LogP contribution >= 0.6 is 46.6 Å². The van der Waals surface area contributed by atoms with Gasteiger partial charge in [-0.15, -0.1) is 11.8 Å². The molecule has 2 rings (SSSR count). The molecule has 8 heteroatoms. The van der Waals surface area contributed by atoms with Crippen LogP contribution in [-0.4, -0.2) is 35.1 Å². The van der Waals surface area contributed by atoms with E-state index in [1.54, 1.807) is 35.7 Å². The maximum Gasteiger partial charge on any atom is 0.242 e. The maximum absolute atomic E-state index is 13.1. The molecule has 0 aliphatic carbocycles. The standard InChI is InChI=1S/C24H29Cl3N2O2S/c1-3-4-13-28-24(31)17(2)29(16-18-7-12-21(26)22(27)15-18)23(30)6-5-14-32-20-10-8-19(25)9-11-20/h7-12,15,17H,3-6,13-14,16H2,1-2H3,(H,28,31)/t17-/m0/s1. The summed E-state index contributed by atoms with van der Waals surface area (Å²) in [6, 6.07) is 12.3. The molecule has 2 aromatic rings. The van der Waals surface area contributed by atoms with Crippen molar-refractivity contribution in [2.45, 2.75) is 57.0 Å². The Kier molecular flexibility index (Phi) is 11.7. The first kappa shape index (κ1) is 26.8. The van der Waals surface area contributed by atoms with Gasteiger partial charge in [0.05, 0.1) is 10.0 Å². The zero-order valence-electron chi connectivity index (χ0n) is 18.4. The van der Waals surface area contributed by atoms with Gasteiger partial charge in [0.1, 0.15) is 6.04 Å². The molecule has 0 aliphatic heterocycles. The third-order valence-electron chi connectivity index (χ3n) is 4.95. The SMILES string of the molecule is CCCCNC(=O)[C@H](C)N(Cc1ccc(Cl)c(Cl)c1)C(=O)CCCSc1ccc(Cl)cc1. The fourth-order valence-corrected chi connectivity index (χ4v) is 4.34. The van der Waals surface area contributed by atoms with E-state index in [1.165, 1.54) is 0 Å². The van der Waals surface area contributed by atoms with Crippen molar-refractivity contribution in [1.29, 1.82) is 0 Å². The van der Waals surface area contributed by atoms with Gasteiger partial charge in [0, 0.05) is 29.4 Å². The van der Waals surface area contributed by atoms with Crippen molar-refractivity contribution < 1.29 is 9.59 Å². The Morgan fingerprint density at radius 3 is 2.41 bits per heavy atom. The number of thioether (sulfide) groups is 1. The lowest BCUT2D eigenvalue weighted by molar-refractivity contribution is -0.140. The van der Waals surface area contributed by atoms with Crippen LogP contribution in [0.25, 0.3) is 0 Å². The van der Waals surface area contributed by atoms with E-state index in [9.17, 15) is 9.59 Å². The average molecular weight is 516 g/mol. The third kappa shape index (κ3) is 8.86. The molecule has 32 heavy (non-hydrogen) atoms. The van der Waals surface area contributed by atoms with Gasteiger partial charge >= 0.3 is 0 Å². The fourth-order valence-electron chi connectivity index (χ4n) is 3.04. The number of nitrogens with zero attached hydrogens (tertiary/aromatic N) is 1. The van der Waals surface area contributed by atoms with Crippen LogP contribution in [0.3, 0.4) is 0 Å². The Bertz CT molecular complexity index is 893. The van der Waals surface area contributed by atoms with Crippen LogP contribution in [0, 0.1) is 0 Å². The molecular weight excluding hydrogens is 487 g/mol. The molecule has 0 aromatic heterocycles. The number of halogens is 3. The molecule has 0 aliphatic rings. The molecule has 0 bridgehead atoms. The minimum Gasteiger partial charge on any atom is -0.354 e.